The number of benzene rings is 9. The smallest absolute Gasteiger partial charge is 0.145 e. The average Bonchev–Trinajstić information content (AvgIpc) is 3.61. The van der Waals surface area contributed by atoms with E-state index in [9.17, 15) is 0 Å². The lowest BCUT2D eigenvalue weighted by Gasteiger charge is -2.33. The maximum Gasteiger partial charge on any atom is 0.145 e. The second-order valence-electron chi connectivity index (χ2n) is 13.6. The van der Waals surface area contributed by atoms with E-state index in [4.69, 9.17) is 4.98 Å². The number of nitrogens with zero attached hydrogens (tertiary/aromatic N) is 3. The molecule has 3 nitrogen and oxygen atoms in total. The minimum Gasteiger partial charge on any atom is -0.306 e. The normalized spacial score (nSPS) is 12.2. The van der Waals surface area contributed by atoms with Gasteiger partial charge in [-0.25, -0.2) is 4.98 Å². The third-order valence-corrected chi connectivity index (χ3v) is 10.7. The number of fused-ring (bicyclic) bond motifs is 5. The molecule has 0 saturated carbocycles. The fraction of sp³-hybridized carbons (Fsp3) is 0. The summed E-state index contributed by atoms with van der Waals surface area (Å²) >= 11 is 0. The van der Waals surface area contributed by atoms with Crippen molar-refractivity contribution in [3.63, 3.8) is 0 Å². The number of hydrogen-bond acceptors (Lipinski definition) is 2. The van der Waals surface area contributed by atoms with Crippen molar-refractivity contribution in [3.8, 4) is 39.3 Å². The summed E-state index contributed by atoms with van der Waals surface area (Å²) < 4.78 is 2.36. The van der Waals surface area contributed by atoms with Crippen LogP contribution >= 0.6 is 0 Å². The van der Waals surface area contributed by atoms with Crippen LogP contribution in [0.3, 0.4) is 0 Å². The molecule has 0 spiro atoms. The largest absolute Gasteiger partial charge is 0.306 e. The van der Waals surface area contributed by atoms with Gasteiger partial charge in [0.2, 0.25) is 0 Å². The van der Waals surface area contributed by atoms with Crippen molar-refractivity contribution in [1.82, 2.24) is 9.55 Å². The molecule has 0 radical (unpaired) electrons. The monoisotopic (exact) mass is 661 g/mol. The molecule has 52 heavy (non-hydrogen) atoms. The van der Waals surface area contributed by atoms with Gasteiger partial charge < -0.3 is 4.90 Å². The standard InChI is InChI=1S/C49H31N3/c1-3-15-33(16-4-1)49-50-42-24-13-25-44-48(42)52(49)43-29-28-36(31-45(43)51(44)37-18-5-2-6-19-37)47-40-22-11-9-20-38(40)46(39-21-10-12-23-41(39)47)35-27-26-32-14-7-8-17-34(32)30-35/h1-31H. The molecule has 0 unspecified atom stereocenters. The molecule has 0 aliphatic carbocycles. The third kappa shape index (κ3) is 4.23. The highest BCUT2D eigenvalue weighted by Crippen LogP contribution is 2.51. The number of anilines is 3. The van der Waals surface area contributed by atoms with Crippen molar-refractivity contribution in [2.45, 2.75) is 0 Å². The average molecular weight is 662 g/mol. The molecule has 0 atom stereocenters. The molecule has 242 valence electrons. The molecule has 0 N–H and O–H groups in total. The maximum atomic E-state index is 5.24. The van der Waals surface area contributed by atoms with E-state index in [2.05, 4.69) is 198 Å². The first-order valence-electron chi connectivity index (χ1n) is 17.8. The van der Waals surface area contributed by atoms with E-state index in [0.29, 0.717) is 0 Å². The van der Waals surface area contributed by atoms with E-state index in [1.807, 2.05) is 0 Å². The highest BCUT2D eigenvalue weighted by molar-refractivity contribution is 6.22. The molecule has 1 aliphatic rings. The lowest BCUT2D eigenvalue weighted by Crippen LogP contribution is -2.18. The van der Waals surface area contributed by atoms with Crippen LogP contribution in [-0.2, 0) is 0 Å². The number of para-hydroxylation sites is 2. The predicted octanol–water partition coefficient (Wildman–Crippen LogP) is 13.3. The Morgan fingerprint density at radius 3 is 1.63 bits per heavy atom. The molecular weight excluding hydrogens is 631 g/mol. The van der Waals surface area contributed by atoms with Crippen molar-refractivity contribution >= 4 is 60.4 Å². The summed E-state index contributed by atoms with van der Waals surface area (Å²) in [7, 11) is 0. The number of rotatable bonds is 4. The molecule has 0 fully saturated rings. The van der Waals surface area contributed by atoms with Gasteiger partial charge >= 0.3 is 0 Å². The van der Waals surface area contributed by atoms with E-state index in [0.717, 1.165) is 45.2 Å². The lowest BCUT2D eigenvalue weighted by molar-refractivity contribution is 1.06. The molecule has 1 aliphatic heterocycles. The topological polar surface area (TPSA) is 21.1 Å². The van der Waals surface area contributed by atoms with Crippen LogP contribution in [0.1, 0.15) is 0 Å². The summed E-state index contributed by atoms with van der Waals surface area (Å²) in [4.78, 5) is 7.65. The fourth-order valence-corrected chi connectivity index (χ4v) is 8.43. The van der Waals surface area contributed by atoms with E-state index < -0.39 is 0 Å². The molecule has 11 rings (SSSR count). The molecule has 10 aromatic rings. The van der Waals surface area contributed by atoms with Crippen LogP contribution < -0.4 is 4.90 Å². The molecule has 0 bridgehead atoms. The number of aromatic nitrogens is 2. The Kier molecular flexibility index (Phi) is 6.25. The first-order chi connectivity index (χ1) is 25.8. The Balaban J connectivity index is 1.21. The quantitative estimate of drug-likeness (QED) is 0.175. The minimum absolute atomic E-state index is 0.945. The van der Waals surface area contributed by atoms with Gasteiger partial charge in [-0.1, -0.05) is 146 Å². The van der Waals surface area contributed by atoms with Crippen molar-refractivity contribution in [1.29, 1.82) is 0 Å². The van der Waals surface area contributed by atoms with Crippen molar-refractivity contribution in [2.75, 3.05) is 4.90 Å². The summed E-state index contributed by atoms with van der Waals surface area (Å²) in [5.41, 5.74) is 12.5. The van der Waals surface area contributed by atoms with Gasteiger partial charge in [0.1, 0.15) is 5.82 Å². The molecule has 1 aromatic heterocycles. The van der Waals surface area contributed by atoms with Crippen LogP contribution in [0.4, 0.5) is 17.1 Å². The minimum atomic E-state index is 0.945. The predicted molar refractivity (Wildman–Crippen MR) is 218 cm³/mol. The molecule has 9 aromatic carbocycles. The SMILES string of the molecule is c1ccc(-c2nc3cccc4c3n2-c2ccc(-c3c5ccccc5c(-c5ccc6ccccc6c5)c5ccccc35)cc2N4c2ccccc2)cc1. The summed E-state index contributed by atoms with van der Waals surface area (Å²) in [6.07, 6.45) is 0. The Labute approximate surface area is 301 Å². The van der Waals surface area contributed by atoms with Gasteiger partial charge in [0.05, 0.1) is 28.1 Å². The third-order valence-electron chi connectivity index (χ3n) is 10.7. The van der Waals surface area contributed by atoms with Gasteiger partial charge in [-0.05, 0) is 97.0 Å². The summed E-state index contributed by atoms with van der Waals surface area (Å²) in [6, 6.07) is 68.0. The second-order valence-corrected chi connectivity index (χ2v) is 13.6. The Bertz CT molecular complexity index is 2960. The van der Waals surface area contributed by atoms with E-state index in [1.54, 1.807) is 0 Å². The molecule has 2 heterocycles. The highest BCUT2D eigenvalue weighted by atomic mass is 15.2. The van der Waals surface area contributed by atoms with Crippen molar-refractivity contribution < 1.29 is 0 Å². The number of hydrogen-bond donors (Lipinski definition) is 0. The van der Waals surface area contributed by atoms with Crippen LogP contribution in [0.15, 0.2) is 188 Å². The van der Waals surface area contributed by atoms with Gasteiger partial charge in [-0.2, -0.15) is 0 Å². The van der Waals surface area contributed by atoms with Gasteiger partial charge in [-0.3, -0.25) is 4.57 Å². The molecule has 0 amide bonds. The van der Waals surface area contributed by atoms with Gasteiger partial charge in [0, 0.05) is 11.3 Å². The Hall–Kier alpha value is -6.97. The second kappa shape index (κ2) is 11.3. The van der Waals surface area contributed by atoms with Crippen LogP contribution in [-0.4, -0.2) is 9.55 Å². The zero-order valence-electron chi connectivity index (χ0n) is 28.2. The Morgan fingerprint density at radius 2 is 0.942 bits per heavy atom. The summed E-state index contributed by atoms with van der Waals surface area (Å²) in [6.45, 7) is 0. The van der Waals surface area contributed by atoms with E-state index in [1.165, 1.54) is 54.6 Å². The zero-order chi connectivity index (χ0) is 34.2. The summed E-state index contributed by atoms with van der Waals surface area (Å²) in [5, 5.41) is 7.47. The van der Waals surface area contributed by atoms with Gasteiger partial charge in [0.25, 0.3) is 0 Å². The van der Waals surface area contributed by atoms with E-state index >= 15 is 0 Å². The summed E-state index contributed by atoms with van der Waals surface area (Å²) in [5.74, 6) is 0.945. The van der Waals surface area contributed by atoms with Crippen LogP contribution in [0.2, 0.25) is 0 Å². The molecule has 3 heteroatoms. The first kappa shape index (κ1) is 28.8. The van der Waals surface area contributed by atoms with Crippen molar-refractivity contribution in [2.24, 2.45) is 0 Å². The lowest BCUT2D eigenvalue weighted by atomic mass is 9.85. The Morgan fingerprint density at radius 1 is 0.365 bits per heavy atom. The fourth-order valence-electron chi connectivity index (χ4n) is 8.43. The van der Waals surface area contributed by atoms with Crippen LogP contribution in [0.25, 0.3) is 82.7 Å². The zero-order valence-corrected chi connectivity index (χ0v) is 28.2. The van der Waals surface area contributed by atoms with E-state index in [-0.39, 0.29) is 0 Å². The van der Waals surface area contributed by atoms with Gasteiger partial charge in [0.15, 0.2) is 0 Å². The molecule has 0 saturated heterocycles. The molecular formula is C49H31N3. The van der Waals surface area contributed by atoms with Crippen LogP contribution in [0, 0.1) is 0 Å². The highest BCUT2D eigenvalue weighted by Gasteiger charge is 2.30. The first-order valence-corrected chi connectivity index (χ1v) is 17.8. The maximum absolute atomic E-state index is 5.24. The van der Waals surface area contributed by atoms with Crippen LogP contribution in [0.5, 0.6) is 0 Å². The van der Waals surface area contributed by atoms with Crippen molar-refractivity contribution in [3.05, 3.63) is 188 Å². The number of imidazole rings is 1. The van der Waals surface area contributed by atoms with Gasteiger partial charge in [-0.15, -0.1) is 0 Å².